The molecule has 1 N–H and O–H groups in total. The van der Waals surface area contributed by atoms with Crippen molar-refractivity contribution in [2.24, 2.45) is 7.05 Å². The summed E-state index contributed by atoms with van der Waals surface area (Å²) < 4.78 is 12.4. The van der Waals surface area contributed by atoms with Crippen molar-refractivity contribution in [3.8, 4) is 5.75 Å². The lowest BCUT2D eigenvalue weighted by molar-refractivity contribution is 0.0821. The number of hydrogen-bond acceptors (Lipinski definition) is 4. The summed E-state index contributed by atoms with van der Waals surface area (Å²) in [7, 11) is 7.12. The molecule has 0 bridgehead atoms. The summed E-state index contributed by atoms with van der Waals surface area (Å²) in [6.45, 7) is 2.01. The molecule has 86 valence electrons. The van der Waals surface area contributed by atoms with Crippen LogP contribution in [0.4, 0.5) is 0 Å². The average molecular weight is 213 g/mol. The van der Waals surface area contributed by atoms with Crippen LogP contribution in [0.5, 0.6) is 5.75 Å². The molecule has 0 fully saturated rings. The molecule has 0 spiro atoms. The van der Waals surface area contributed by atoms with Crippen LogP contribution >= 0.6 is 0 Å². The Labute approximate surface area is 90.4 Å². The van der Waals surface area contributed by atoms with E-state index in [0.29, 0.717) is 0 Å². The summed E-state index contributed by atoms with van der Waals surface area (Å²) in [4.78, 5) is 0. The van der Waals surface area contributed by atoms with Gasteiger partial charge in [0.1, 0.15) is 0 Å². The first-order valence-electron chi connectivity index (χ1n) is 4.91. The Morgan fingerprint density at radius 3 is 2.60 bits per heavy atom. The third kappa shape index (κ3) is 2.30. The van der Waals surface area contributed by atoms with Gasteiger partial charge in [0.15, 0.2) is 5.75 Å². The third-order valence-corrected chi connectivity index (χ3v) is 2.62. The molecule has 1 aromatic rings. The van der Waals surface area contributed by atoms with Crippen molar-refractivity contribution in [2.75, 3.05) is 21.3 Å². The van der Waals surface area contributed by atoms with E-state index in [0.717, 1.165) is 11.4 Å². The lowest BCUT2D eigenvalue weighted by Gasteiger charge is -2.23. The molecular weight excluding hydrogens is 194 g/mol. The Hall–Kier alpha value is -1.07. The molecule has 1 heterocycles. The Bertz CT molecular complexity index is 312. The van der Waals surface area contributed by atoms with E-state index in [9.17, 15) is 0 Å². The van der Waals surface area contributed by atoms with E-state index in [4.69, 9.17) is 9.47 Å². The summed E-state index contributed by atoms with van der Waals surface area (Å²) in [5, 5.41) is 7.37. The van der Waals surface area contributed by atoms with Gasteiger partial charge >= 0.3 is 0 Å². The molecule has 0 aliphatic rings. The zero-order valence-electron chi connectivity index (χ0n) is 9.94. The summed E-state index contributed by atoms with van der Waals surface area (Å²) in [6.07, 6.45) is 1.77. The number of aryl methyl sites for hydroxylation is 1. The van der Waals surface area contributed by atoms with Crippen LogP contribution in [-0.2, 0) is 11.8 Å². The molecule has 0 radical (unpaired) electrons. The van der Waals surface area contributed by atoms with E-state index in [1.54, 1.807) is 25.1 Å². The Kier molecular flexibility index (Phi) is 4.11. The fraction of sp³-hybridized carbons (Fsp3) is 0.700. The zero-order valence-corrected chi connectivity index (χ0v) is 9.94. The number of nitrogens with zero attached hydrogens (tertiary/aromatic N) is 2. The van der Waals surface area contributed by atoms with Crippen LogP contribution in [0.25, 0.3) is 0 Å². The Balaban J connectivity index is 3.04. The molecule has 15 heavy (non-hydrogen) atoms. The maximum absolute atomic E-state index is 5.32. The normalized spacial score (nSPS) is 15.0. The van der Waals surface area contributed by atoms with Gasteiger partial charge in [0.05, 0.1) is 31.1 Å². The van der Waals surface area contributed by atoms with E-state index in [2.05, 4.69) is 10.4 Å². The standard InChI is InChI=1S/C10H19N3O2/c1-7(14-4)9(11-2)10-8(15-5)6-12-13(10)3/h6-7,9,11H,1-5H3. The van der Waals surface area contributed by atoms with Crippen LogP contribution in [0.15, 0.2) is 6.20 Å². The van der Waals surface area contributed by atoms with E-state index < -0.39 is 0 Å². The Morgan fingerprint density at radius 1 is 1.47 bits per heavy atom. The third-order valence-electron chi connectivity index (χ3n) is 2.62. The lowest BCUT2D eigenvalue weighted by atomic mass is 10.1. The number of ether oxygens (including phenoxy) is 2. The molecule has 5 nitrogen and oxygen atoms in total. The number of aromatic nitrogens is 2. The number of rotatable bonds is 5. The molecule has 0 saturated heterocycles. The second-order valence-corrected chi connectivity index (χ2v) is 3.43. The van der Waals surface area contributed by atoms with Crippen LogP contribution < -0.4 is 10.1 Å². The highest BCUT2D eigenvalue weighted by atomic mass is 16.5. The van der Waals surface area contributed by atoms with E-state index in [1.807, 2.05) is 21.0 Å². The van der Waals surface area contributed by atoms with Gasteiger partial charge in [-0.3, -0.25) is 4.68 Å². The quantitative estimate of drug-likeness (QED) is 0.783. The fourth-order valence-corrected chi connectivity index (χ4v) is 1.67. The van der Waals surface area contributed by atoms with Crippen molar-refractivity contribution < 1.29 is 9.47 Å². The monoisotopic (exact) mass is 213 g/mol. The summed E-state index contributed by atoms with van der Waals surface area (Å²) >= 11 is 0. The number of hydrogen-bond donors (Lipinski definition) is 1. The van der Waals surface area contributed by atoms with Crippen LogP contribution in [-0.4, -0.2) is 37.2 Å². The van der Waals surface area contributed by atoms with Crippen molar-refractivity contribution >= 4 is 0 Å². The van der Waals surface area contributed by atoms with Crippen molar-refractivity contribution in [1.82, 2.24) is 15.1 Å². The molecule has 2 atom stereocenters. The second-order valence-electron chi connectivity index (χ2n) is 3.43. The number of methoxy groups -OCH3 is 2. The lowest BCUT2D eigenvalue weighted by Crippen LogP contribution is -2.30. The van der Waals surface area contributed by atoms with Crippen molar-refractivity contribution in [3.63, 3.8) is 0 Å². The molecule has 5 heteroatoms. The highest BCUT2D eigenvalue weighted by Gasteiger charge is 2.24. The summed E-state index contributed by atoms with van der Waals surface area (Å²) in [6, 6.07) is 0.0671. The minimum Gasteiger partial charge on any atom is -0.493 e. The minimum atomic E-state index is 0.0549. The molecule has 0 aromatic carbocycles. The highest BCUT2D eigenvalue weighted by molar-refractivity contribution is 5.28. The predicted octanol–water partition coefficient (Wildman–Crippen LogP) is 0.724. The van der Waals surface area contributed by atoms with E-state index in [1.165, 1.54) is 0 Å². The van der Waals surface area contributed by atoms with Crippen LogP contribution in [0.3, 0.4) is 0 Å². The molecule has 0 aliphatic heterocycles. The van der Waals surface area contributed by atoms with Crippen LogP contribution in [0.1, 0.15) is 18.7 Å². The smallest absolute Gasteiger partial charge is 0.161 e. The predicted molar refractivity (Wildman–Crippen MR) is 58.0 cm³/mol. The van der Waals surface area contributed by atoms with Gasteiger partial charge in [0.2, 0.25) is 0 Å². The fourth-order valence-electron chi connectivity index (χ4n) is 1.67. The molecule has 0 amide bonds. The highest BCUT2D eigenvalue weighted by Crippen LogP contribution is 2.27. The van der Waals surface area contributed by atoms with Crippen LogP contribution in [0, 0.1) is 0 Å². The molecule has 2 unspecified atom stereocenters. The van der Waals surface area contributed by atoms with Gasteiger partial charge in [0, 0.05) is 14.2 Å². The maximum atomic E-state index is 5.32. The largest absolute Gasteiger partial charge is 0.493 e. The second kappa shape index (κ2) is 5.14. The van der Waals surface area contributed by atoms with Gasteiger partial charge in [-0.05, 0) is 14.0 Å². The van der Waals surface area contributed by atoms with E-state index >= 15 is 0 Å². The van der Waals surface area contributed by atoms with Crippen molar-refractivity contribution in [3.05, 3.63) is 11.9 Å². The van der Waals surface area contributed by atoms with Gasteiger partial charge in [-0.25, -0.2) is 0 Å². The molecule has 0 aliphatic carbocycles. The van der Waals surface area contributed by atoms with Gasteiger partial charge < -0.3 is 14.8 Å². The van der Waals surface area contributed by atoms with Gasteiger partial charge in [-0.2, -0.15) is 5.10 Å². The first-order chi connectivity index (χ1) is 7.15. The first kappa shape index (κ1) is 12.0. The zero-order chi connectivity index (χ0) is 11.4. The summed E-state index contributed by atoms with van der Waals surface area (Å²) in [5.41, 5.74) is 0.995. The topological polar surface area (TPSA) is 48.3 Å². The maximum Gasteiger partial charge on any atom is 0.161 e. The molecule has 1 rings (SSSR count). The van der Waals surface area contributed by atoms with Gasteiger partial charge in [-0.1, -0.05) is 0 Å². The minimum absolute atomic E-state index is 0.0549. The molecular formula is C10H19N3O2. The molecule has 1 aromatic heterocycles. The Morgan fingerprint density at radius 2 is 2.13 bits per heavy atom. The van der Waals surface area contributed by atoms with Crippen molar-refractivity contribution in [1.29, 1.82) is 0 Å². The van der Waals surface area contributed by atoms with Crippen LogP contribution in [0.2, 0.25) is 0 Å². The molecule has 0 saturated carbocycles. The number of nitrogens with one attached hydrogen (secondary N) is 1. The van der Waals surface area contributed by atoms with Crippen molar-refractivity contribution in [2.45, 2.75) is 19.1 Å². The average Bonchev–Trinajstić information content (AvgIpc) is 2.61. The van der Waals surface area contributed by atoms with Gasteiger partial charge in [-0.15, -0.1) is 0 Å². The SMILES string of the molecule is CNC(c1c(OC)cnn1C)C(C)OC. The summed E-state index contributed by atoms with van der Waals surface area (Å²) in [5.74, 6) is 0.778. The van der Waals surface area contributed by atoms with Gasteiger partial charge in [0.25, 0.3) is 0 Å². The number of likely N-dealkylation sites (N-methyl/N-ethyl adjacent to an activating group) is 1. The first-order valence-corrected chi connectivity index (χ1v) is 4.91. The van der Waals surface area contributed by atoms with E-state index in [-0.39, 0.29) is 12.1 Å².